The number of hydrogen-bond donors (Lipinski definition) is 2. The van der Waals surface area contributed by atoms with E-state index in [9.17, 15) is 13.2 Å². The molecule has 1 amide bonds. The number of benzene rings is 1. The predicted molar refractivity (Wildman–Crippen MR) is 133 cm³/mol. The molecule has 0 unspecified atom stereocenters. The van der Waals surface area contributed by atoms with E-state index in [4.69, 9.17) is 25.8 Å². The molecular formula is C22H26ClN7O6S. The van der Waals surface area contributed by atoms with Crippen LogP contribution in [0.15, 0.2) is 30.6 Å². The van der Waals surface area contributed by atoms with Gasteiger partial charge in [-0.25, -0.2) is 18.4 Å². The summed E-state index contributed by atoms with van der Waals surface area (Å²) in [6.07, 6.45) is 2.46. The minimum absolute atomic E-state index is 0.127. The first-order valence-electron chi connectivity index (χ1n) is 11.2. The number of aromatic nitrogens is 5. The number of carbonyl (C=O) groups excluding carboxylic acids is 1. The van der Waals surface area contributed by atoms with Gasteiger partial charge in [-0.05, 0) is 25.5 Å². The van der Waals surface area contributed by atoms with Crippen LogP contribution in [0.1, 0.15) is 43.6 Å². The number of amides is 1. The van der Waals surface area contributed by atoms with Crippen LogP contribution in [-0.4, -0.2) is 65.6 Å². The number of anilines is 1. The summed E-state index contributed by atoms with van der Waals surface area (Å²) in [5.41, 5.74) is 0.364. The van der Waals surface area contributed by atoms with E-state index in [1.807, 2.05) is 0 Å². The van der Waals surface area contributed by atoms with E-state index in [0.29, 0.717) is 40.9 Å². The van der Waals surface area contributed by atoms with E-state index in [1.165, 1.54) is 45.2 Å². The molecule has 0 saturated carbocycles. The van der Waals surface area contributed by atoms with Gasteiger partial charge in [-0.1, -0.05) is 17.7 Å². The fourth-order valence-electron chi connectivity index (χ4n) is 4.03. The average Bonchev–Trinajstić information content (AvgIpc) is 3.50. The number of para-hydroxylation sites is 1. The molecule has 1 aliphatic rings. The van der Waals surface area contributed by atoms with Gasteiger partial charge in [0.15, 0.2) is 11.6 Å². The van der Waals surface area contributed by atoms with E-state index < -0.39 is 27.4 Å². The quantitative estimate of drug-likeness (QED) is 0.382. The van der Waals surface area contributed by atoms with Crippen molar-refractivity contribution in [1.82, 2.24) is 30.0 Å². The molecule has 3 heterocycles. The number of nitrogens with one attached hydrogen (secondary N) is 2. The van der Waals surface area contributed by atoms with Crippen LogP contribution in [0.4, 0.5) is 5.95 Å². The lowest BCUT2D eigenvalue weighted by atomic mass is 10.2. The van der Waals surface area contributed by atoms with Crippen molar-refractivity contribution in [3.8, 4) is 17.2 Å². The van der Waals surface area contributed by atoms with Crippen LogP contribution in [0.2, 0.25) is 5.02 Å². The van der Waals surface area contributed by atoms with Gasteiger partial charge in [0.1, 0.15) is 28.5 Å². The molecule has 0 spiro atoms. The summed E-state index contributed by atoms with van der Waals surface area (Å²) < 4.78 is 47.6. The topological polar surface area (TPSA) is 159 Å². The van der Waals surface area contributed by atoms with Crippen molar-refractivity contribution >= 4 is 33.5 Å². The molecule has 198 valence electrons. The van der Waals surface area contributed by atoms with Gasteiger partial charge < -0.3 is 19.5 Å². The first-order chi connectivity index (χ1) is 17.7. The first kappa shape index (κ1) is 26.6. The number of ether oxygens (including phenoxy) is 3. The van der Waals surface area contributed by atoms with Gasteiger partial charge in [0.2, 0.25) is 21.9 Å². The van der Waals surface area contributed by atoms with Crippen molar-refractivity contribution in [1.29, 1.82) is 0 Å². The summed E-state index contributed by atoms with van der Waals surface area (Å²) >= 11 is 5.87. The third-order valence-electron chi connectivity index (χ3n) is 5.92. The molecule has 37 heavy (non-hydrogen) atoms. The Balaban J connectivity index is 1.79. The van der Waals surface area contributed by atoms with Crippen LogP contribution in [0.5, 0.6) is 11.5 Å². The third kappa shape index (κ3) is 5.31. The average molecular weight is 552 g/mol. The molecule has 13 nitrogen and oxygen atoms in total. The van der Waals surface area contributed by atoms with Gasteiger partial charge in [0, 0.05) is 25.9 Å². The second kappa shape index (κ2) is 10.9. The minimum atomic E-state index is -4.15. The zero-order valence-corrected chi connectivity index (χ0v) is 22.1. The minimum Gasteiger partial charge on any atom is -0.494 e. The Labute approximate surface area is 218 Å². The first-order valence-corrected chi connectivity index (χ1v) is 13.1. The number of methoxy groups -OCH3 is 3. The zero-order valence-electron chi connectivity index (χ0n) is 20.5. The second-order valence-corrected chi connectivity index (χ2v) is 10.6. The second-order valence-electron chi connectivity index (χ2n) is 8.16. The maximum Gasteiger partial charge on any atom is 0.243 e. The molecule has 3 atom stereocenters. The van der Waals surface area contributed by atoms with E-state index >= 15 is 0 Å². The molecule has 0 aliphatic carbocycles. The Morgan fingerprint density at radius 3 is 2.32 bits per heavy atom. The predicted octanol–water partition coefficient (Wildman–Crippen LogP) is 2.20. The fraction of sp³-hybridized carbons (Fsp3) is 0.409. The molecule has 2 N–H and O–H groups in total. The number of nitrogens with zero attached hydrogens (tertiary/aromatic N) is 5. The number of rotatable bonds is 10. The van der Waals surface area contributed by atoms with E-state index in [-0.39, 0.29) is 17.7 Å². The summed E-state index contributed by atoms with van der Waals surface area (Å²) in [6.45, 7) is 1.46. The molecule has 2 aromatic heterocycles. The van der Waals surface area contributed by atoms with Crippen LogP contribution in [0.3, 0.4) is 0 Å². The monoisotopic (exact) mass is 551 g/mol. The molecule has 4 rings (SSSR count). The number of carbonyl (C=O) groups is 1. The Bertz CT molecular complexity index is 1360. The van der Waals surface area contributed by atoms with Gasteiger partial charge in [-0.15, -0.1) is 10.2 Å². The molecule has 1 fully saturated rings. The van der Waals surface area contributed by atoms with Crippen molar-refractivity contribution < 1.29 is 27.4 Å². The van der Waals surface area contributed by atoms with E-state index in [0.717, 1.165) is 0 Å². The van der Waals surface area contributed by atoms with Gasteiger partial charge in [0.25, 0.3) is 0 Å². The van der Waals surface area contributed by atoms with Gasteiger partial charge in [0.05, 0.1) is 25.3 Å². The molecular weight excluding hydrogens is 526 g/mol. The van der Waals surface area contributed by atoms with E-state index in [1.54, 1.807) is 18.2 Å². The van der Waals surface area contributed by atoms with Crippen molar-refractivity contribution in [3.05, 3.63) is 47.3 Å². The Morgan fingerprint density at radius 2 is 1.78 bits per heavy atom. The summed E-state index contributed by atoms with van der Waals surface area (Å²) in [4.78, 5) is 20.1. The van der Waals surface area contributed by atoms with Crippen molar-refractivity contribution in [3.63, 3.8) is 0 Å². The molecule has 1 aliphatic heterocycles. The summed E-state index contributed by atoms with van der Waals surface area (Å²) in [5, 5.41) is 10.3. The molecule has 0 bridgehead atoms. The number of hydrogen-bond acceptors (Lipinski definition) is 10. The zero-order chi connectivity index (χ0) is 26.7. The van der Waals surface area contributed by atoms with Crippen molar-refractivity contribution in [2.24, 2.45) is 0 Å². The van der Waals surface area contributed by atoms with Gasteiger partial charge in [-0.3, -0.25) is 14.1 Å². The largest absolute Gasteiger partial charge is 0.494 e. The maximum atomic E-state index is 13.5. The molecule has 3 aromatic rings. The SMILES string of the molecule is COc1cccc(OC)c1-n1c(NS(=O)(=O)[C@@H](C)[C@H](OC)c2ncc(Cl)cn2)nnc1[C@@H]1CCC(=O)N1. The highest BCUT2D eigenvalue weighted by Crippen LogP contribution is 2.38. The number of sulfonamides is 1. The number of halogens is 1. The highest BCUT2D eigenvalue weighted by atomic mass is 35.5. The molecule has 1 aromatic carbocycles. The molecule has 0 radical (unpaired) electrons. The van der Waals surface area contributed by atoms with Crippen LogP contribution >= 0.6 is 11.6 Å². The third-order valence-corrected chi connectivity index (χ3v) is 7.81. The molecule has 1 saturated heterocycles. The van der Waals surface area contributed by atoms with Crippen LogP contribution in [-0.2, 0) is 19.6 Å². The smallest absolute Gasteiger partial charge is 0.243 e. The summed E-state index contributed by atoms with van der Waals surface area (Å²) in [6, 6.07) is 4.60. The Morgan fingerprint density at radius 1 is 1.14 bits per heavy atom. The van der Waals surface area contributed by atoms with Crippen LogP contribution in [0.25, 0.3) is 5.69 Å². The van der Waals surface area contributed by atoms with E-state index in [2.05, 4.69) is 30.2 Å². The Kier molecular flexibility index (Phi) is 7.80. The standard InChI is InChI=1S/C22H26ClN7O6S/c1-12(19(36-4)20-24-10-13(23)11-25-20)37(32,33)29-22-28-27-21(14-8-9-17(31)26-14)30(22)18-15(34-2)6-5-7-16(18)35-3/h5-7,10-12,14,19H,8-9H2,1-4H3,(H,26,31)(H,28,29)/t12-,14-,19-/m0/s1. The van der Waals surface area contributed by atoms with Gasteiger partial charge >= 0.3 is 0 Å². The van der Waals surface area contributed by atoms with Crippen LogP contribution < -0.4 is 19.5 Å². The lowest BCUT2D eigenvalue weighted by molar-refractivity contribution is -0.119. The normalized spacial score (nSPS) is 17.2. The summed E-state index contributed by atoms with van der Waals surface area (Å²) in [7, 11) is 0.151. The lowest BCUT2D eigenvalue weighted by Crippen LogP contribution is -2.33. The highest BCUT2D eigenvalue weighted by Gasteiger charge is 2.36. The molecule has 15 heteroatoms. The Hall–Kier alpha value is -3.49. The highest BCUT2D eigenvalue weighted by molar-refractivity contribution is 7.93. The van der Waals surface area contributed by atoms with Crippen molar-refractivity contribution in [2.75, 3.05) is 26.1 Å². The van der Waals surface area contributed by atoms with Gasteiger partial charge in [-0.2, -0.15) is 0 Å². The maximum absolute atomic E-state index is 13.5. The lowest BCUT2D eigenvalue weighted by Gasteiger charge is -2.23. The van der Waals surface area contributed by atoms with Crippen LogP contribution in [0, 0.1) is 0 Å². The fourth-order valence-corrected chi connectivity index (χ4v) is 5.26. The summed E-state index contributed by atoms with van der Waals surface area (Å²) in [5.74, 6) is 0.936. The van der Waals surface area contributed by atoms with Crippen molar-refractivity contribution in [2.45, 2.75) is 37.2 Å².